The van der Waals surface area contributed by atoms with Crippen molar-refractivity contribution in [3.63, 3.8) is 0 Å². The smallest absolute Gasteiger partial charge is 0.404 e. The van der Waals surface area contributed by atoms with Gasteiger partial charge in [-0.3, -0.25) is 10.1 Å². The Hall–Kier alpha value is -2.40. The number of nitrogens with one attached hydrogen (secondary N) is 1. The molecule has 20 heavy (non-hydrogen) atoms. The van der Waals surface area contributed by atoms with E-state index in [1.165, 1.54) is 6.07 Å². The summed E-state index contributed by atoms with van der Waals surface area (Å²) < 4.78 is 30.1. The largest absolute Gasteiger partial charge is 0.448 e. The molecule has 0 saturated carbocycles. The number of nitro groups is 1. The Morgan fingerprint density at radius 2 is 2.10 bits per heavy atom. The Bertz CT molecular complexity index is 629. The summed E-state index contributed by atoms with van der Waals surface area (Å²) in [5, 5.41) is 10.8. The van der Waals surface area contributed by atoms with Crippen LogP contribution in [0.25, 0.3) is 0 Å². The Labute approximate surface area is 113 Å². The molecule has 0 saturated heterocycles. The molecular formula is C9H12N4O6S. The van der Waals surface area contributed by atoms with E-state index in [9.17, 15) is 23.3 Å². The van der Waals surface area contributed by atoms with Gasteiger partial charge in [-0.2, -0.15) is 0 Å². The average Bonchev–Trinajstić information content (AvgIpc) is 2.34. The van der Waals surface area contributed by atoms with Crippen LogP contribution in [0.15, 0.2) is 23.1 Å². The number of carbonyl (C=O) groups is 1. The molecule has 0 aliphatic heterocycles. The summed E-state index contributed by atoms with van der Waals surface area (Å²) in [5.74, 6) is 0. The fourth-order valence-electron chi connectivity index (χ4n) is 1.31. The number of nitrogen functional groups attached to an aromatic ring is 1. The first-order valence-electron chi connectivity index (χ1n) is 5.20. The number of carbonyl (C=O) groups excluding carboxylic acids is 1. The van der Waals surface area contributed by atoms with Gasteiger partial charge in [0, 0.05) is 18.3 Å². The van der Waals surface area contributed by atoms with Gasteiger partial charge in [0.05, 0.1) is 4.92 Å². The maximum Gasteiger partial charge on any atom is 0.404 e. The number of primary amides is 1. The third-order valence-electron chi connectivity index (χ3n) is 2.11. The van der Waals surface area contributed by atoms with Crippen molar-refractivity contribution in [3.05, 3.63) is 28.3 Å². The van der Waals surface area contributed by atoms with E-state index in [0.29, 0.717) is 0 Å². The molecule has 0 fully saturated rings. The molecule has 110 valence electrons. The number of amides is 1. The summed E-state index contributed by atoms with van der Waals surface area (Å²) in [6, 6.07) is 3.18. The molecule has 5 N–H and O–H groups in total. The minimum Gasteiger partial charge on any atom is -0.448 e. The molecule has 0 aromatic heterocycles. The second kappa shape index (κ2) is 6.16. The number of hydrogen-bond acceptors (Lipinski definition) is 7. The first-order valence-corrected chi connectivity index (χ1v) is 6.68. The van der Waals surface area contributed by atoms with Crippen LogP contribution >= 0.6 is 0 Å². The predicted molar refractivity (Wildman–Crippen MR) is 68.2 cm³/mol. The lowest BCUT2D eigenvalue weighted by molar-refractivity contribution is -0.387. The van der Waals surface area contributed by atoms with E-state index in [2.05, 4.69) is 4.74 Å². The maximum absolute atomic E-state index is 11.9. The molecule has 10 nitrogen and oxygen atoms in total. The molecule has 1 amide bonds. The van der Waals surface area contributed by atoms with Crippen molar-refractivity contribution >= 4 is 27.5 Å². The van der Waals surface area contributed by atoms with Gasteiger partial charge in [-0.25, -0.2) is 17.9 Å². The minimum absolute atomic E-state index is 0.0627. The second-order valence-corrected chi connectivity index (χ2v) is 5.28. The van der Waals surface area contributed by atoms with Gasteiger partial charge in [0.25, 0.3) is 5.69 Å². The van der Waals surface area contributed by atoms with Gasteiger partial charge in [-0.05, 0) is 12.1 Å². The van der Waals surface area contributed by atoms with Gasteiger partial charge in [-0.15, -0.1) is 0 Å². The number of nitrogens with zero attached hydrogens (tertiary/aromatic N) is 1. The minimum atomic E-state index is -4.13. The lowest BCUT2D eigenvalue weighted by atomic mass is 10.3. The number of anilines is 1. The molecule has 0 bridgehead atoms. The second-order valence-electron chi connectivity index (χ2n) is 3.55. The molecule has 1 aromatic carbocycles. The van der Waals surface area contributed by atoms with Crippen molar-refractivity contribution in [1.29, 1.82) is 0 Å². The van der Waals surface area contributed by atoms with Gasteiger partial charge in [0.1, 0.15) is 6.61 Å². The summed E-state index contributed by atoms with van der Waals surface area (Å²) in [6.45, 7) is -0.565. The quantitative estimate of drug-likeness (QED) is 0.277. The highest BCUT2D eigenvalue weighted by Crippen LogP contribution is 2.25. The summed E-state index contributed by atoms with van der Waals surface area (Å²) in [6.07, 6.45) is -1.05. The number of hydrogen-bond donors (Lipinski definition) is 3. The van der Waals surface area contributed by atoms with Crippen LogP contribution in [0.3, 0.4) is 0 Å². The van der Waals surface area contributed by atoms with Crippen LogP contribution in [-0.2, 0) is 14.8 Å². The summed E-state index contributed by atoms with van der Waals surface area (Å²) in [7, 11) is -4.13. The lowest BCUT2D eigenvalue weighted by Crippen LogP contribution is -2.29. The molecule has 0 unspecified atom stereocenters. The molecule has 0 spiro atoms. The van der Waals surface area contributed by atoms with Crippen molar-refractivity contribution in [1.82, 2.24) is 4.72 Å². The van der Waals surface area contributed by atoms with Crippen LogP contribution in [-0.4, -0.2) is 32.6 Å². The van der Waals surface area contributed by atoms with Crippen molar-refractivity contribution in [2.45, 2.75) is 4.90 Å². The average molecular weight is 304 g/mol. The molecule has 0 aliphatic rings. The fourth-order valence-corrected chi connectivity index (χ4v) is 2.47. The monoisotopic (exact) mass is 304 g/mol. The zero-order valence-corrected chi connectivity index (χ0v) is 10.9. The number of nitrogens with two attached hydrogens (primary N) is 2. The Kier molecular flexibility index (Phi) is 4.83. The first-order chi connectivity index (χ1) is 9.24. The fraction of sp³-hybridized carbons (Fsp3) is 0.222. The van der Waals surface area contributed by atoms with Gasteiger partial charge >= 0.3 is 6.09 Å². The molecule has 11 heteroatoms. The predicted octanol–water partition coefficient (Wildman–Crippen LogP) is -0.449. The Morgan fingerprint density at radius 1 is 1.45 bits per heavy atom. The molecule has 0 aliphatic carbocycles. The van der Waals surface area contributed by atoms with E-state index < -0.39 is 31.6 Å². The van der Waals surface area contributed by atoms with Crippen molar-refractivity contribution in [3.8, 4) is 0 Å². The zero-order valence-electron chi connectivity index (χ0n) is 10.1. The normalized spacial score (nSPS) is 11.0. The van der Waals surface area contributed by atoms with Crippen molar-refractivity contribution < 1.29 is 22.9 Å². The standard InChI is InChI=1S/C9H12N4O6S/c10-6-1-2-8(7(5-6)13(15)16)20(17,18)12-3-4-19-9(11)14/h1-2,5,12H,3-4,10H2,(H2,11,14). The van der Waals surface area contributed by atoms with Crippen LogP contribution < -0.4 is 16.2 Å². The van der Waals surface area contributed by atoms with Gasteiger partial charge in [0.2, 0.25) is 10.0 Å². The van der Waals surface area contributed by atoms with Crippen LogP contribution in [0.2, 0.25) is 0 Å². The molecule has 1 aromatic rings. The highest BCUT2D eigenvalue weighted by molar-refractivity contribution is 7.89. The van der Waals surface area contributed by atoms with Crippen LogP contribution in [0, 0.1) is 10.1 Å². The van der Waals surface area contributed by atoms with Gasteiger partial charge < -0.3 is 16.2 Å². The van der Waals surface area contributed by atoms with Gasteiger partial charge in [-0.1, -0.05) is 0 Å². The lowest BCUT2D eigenvalue weighted by Gasteiger charge is -2.07. The number of sulfonamides is 1. The number of nitro benzene ring substituents is 1. The van der Waals surface area contributed by atoms with E-state index in [1.54, 1.807) is 0 Å². The highest BCUT2D eigenvalue weighted by Gasteiger charge is 2.25. The van der Waals surface area contributed by atoms with Gasteiger partial charge in [0.15, 0.2) is 4.90 Å². The van der Waals surface area contributed by atoms with E-state index >= 15 is 0 Å². The van der Waals surface area contributed by atoms with E-state index in [1.807, 2.05) is 4.72 Å². The van der Waals surface area contributed by atoms with Crippen LogP contribution in [0.4, 0.5) is 16.2 Å². The van der Waals surface area contributed by atoms with E-state index in [-0.39, 0.29) is 18.8 Å². The van der Waals surface area contributed by atoms with Crippen LogP contribution in [0.1, 0.15) is 0 Å². The van der Waals surface area contributed by atoms with Crippen LogP contribution in [0.5, 0.6) is 0 Å². The Morgan fingerprint density at radius 3 is 2.65 bits per heavy atom. The highest BCUT2D eigenvalue weighted by atomic mass is 32.2. The molecule has 0 heterocycles. The van der Waals surface area contributed by atoms with E-state index in [0.717, 1.165) is 12.1 Å². The number of benzene rings is 1. The van der Waals surface area contributed by atoms with Crippen molar-refractivity contribution in [2.75, 3.05) is 18.9 Å². The maximum atomic E-state index is 11.9. The SMILES string of the molecule is NC(=O)OCCNS(=O)(=O)c1ccc(N)cc1[N+](=O)[O-]. The van der Waals surface area contributed by atoms with Crippen molar-refractivity contribution in [2.24, 2.45) is 5.73 Å². The summed E-state index contributed by atoms with van der Waals surface area (Å²) in [4.78, 5) is 19.7. The topological polar surface area (TPSA) is 168 Å². The number of rotatable bonds is 6. The summed E-state index contributed by atoms with van der Waals surface area (Å²) in [5.41, 5.74) is 9.48. The third-order valence-corrected chi connectivity index (χ3v) is 3.62. The van der Waals surface area contributed by atoms with E-state index in [4.69, 9.17) is 11.5 Å². The zero-order chi connectivity index (χ0) is 15.3. The molecular weight excluding hydrogens is 292 g/mol. The third kappa shape index (κ3) is 4.07. The number of ether oxygens (including phenoxy) is 1. The molecule has 0 atom stereocenters. The first kappa shape index (κ1) is 15.7. The molecule has 0 radical (unpaired) electrons. The molecule has 1 rings (SSSR count). The Balaban J connectivity index is 2.92. The summed E-state index contributed by atoms with van der Waals surface area (Å²) >= 11 is 0.